The fraction of sp³-hybridized carbons (Fsp3) is 0.345. The second-order valence-corrected chi connectivity index (χ2v) is 10.7. The van der Waals surface area contributed by atoms with Crippen LogP contribution in [-0.4, -0.2) is 41.7 Å². The van der Waals surface area contributed by atoms with Crippen LogP contribution in [0.4, 0.5) is 35.2 Å². The van der Waals surface area contributed by atoms with Gasteiger partial charge in [-0.15, -0.1) is 0 Å². The maximum absolute atomic E-state index is 13.5. The van der Waals surface area contributed by atoms with Gasteiger partial charge in [-0.1, -0.05) is 24.3 Å². The molecule has 212 valence electrons. The van der Waals surface area contributed by atoms with Crippen LogP contribution in [0.5, 0.6) is 0 Å². The molecule has 1 atom stereocenters. The van der Waals surface area contributed by atoms with E-state index in [0.29, 0.717) is 48.7 Å². The maximum atomic E-state index is 13.5. The number of fused-ring (bicyclic) bond motifs is 4. The molecule has 3 aliphatic heterocycles. The molecule has 2 aromatic carbocycles. The molecule has 9 nitrogen and oxygen atoms in total. The van der Waals surface area contributed by atoms with Crippen LogP contribution in [0, 0.1) is 0 Å². The third kappa shape index (κ3) is 5.72. The van der Waals surface area contributed by atoms with Gasteiger partial charge in [-0.05, 0) is 55.3 Å². The van der Waals surface area contributed by atoms with Crippen molar-refractivity contribution < 1.29 is 22.8 Å². The van der Waals surface area contributed by atoms with Crippen molar-refractivity contribution in [3.8, 4) is 11.3 Å². The van der Waals surface area contributed by atoms with Gasteiger partial charge in [-0.2, -0.15) is 23.4 Å². The van der Waals surface area contributed by atoms with E-state index in [-0.39, 0.29) is 18.0 Å². The van der Waals surface area contributed by atoms with Crippen molar-refractivity contribution in [1.29, 1.82) is 0 Å². The number of halogens is 3. The summed E-state index contributed by atoms with van der Waals surface area (Å²) in [5.74, 6) is 0.346. The average molecular weight is 564 g/mol. The summed E-state index contributed by atoms with van der Waals surface area (Å²) < 4.78 is 39.9. The molecule has 6 rings (SSSR count). The van der Waals surface area contributed by atoms with Gasteiger partial charge in [0.2, 0.25) is 5.91 Å². The molecule has 3 amide bonds. The number of rotatable bonds is 7. The summed E-state index contributed by atoms with van der Waals surface area (Å²) in [7, 11) is 0. The molecule has 0 spiro atoms. The van der Waals surface area contributed by atoms with E-state index in [2.05, 4.69) is 30.7 Å². The van der Waals surface area contributed by atoms with Crippen molar-refractivity contribution in [1.82, 2.24) is 10.3 Å². The van der Waals surface area contributed by atoms with Gasteiger partial charge in [-0.3, -0.25) is 9.69 Å². The van der Waals surface area contributed by atoms with Crippen LogP contribution >= 0.6 is 0 Å². The predicted molar refractivity (Wildman–Crippen MR) is 148 cm³/mol. The highest BCUT2D eigenvalue weighted by molar-refractivity contribution is 6.04. The van der Waals surface area contributed by atoms with E-state index in [1.54, 1.807) is 29.2 Å². The first-order valence-corrected chi connectivity index (χ1v) is 13.4. The van der Waals surface area contributed by atoms with Gasteiger partial charge in [0.05, 0.1) is 23.0 Å². The lowest BCUT2D eigenvalue weighted by Gasteiger charge is -2.36. The van der Waals surface area contributed by atoms with Crippen molar-refractivity contribution in [3.63, 3.8) is 0 Å². The number of nitrogens with zero attached hydrogens (tertiary/aromatic N) is 5. The monoisotopic (exact) mass is 563 g/mol. The zero-order valence-corrected chi connectivity index (χ0v) is 22.3. The van der Waals surface area contributed by atoms with Crippen LogP contribution in [0.25, 0.3) is 11.3 Å². The maximum Gasteiger partial charge on any atom is 0.416 e. The van der Waals surface area contributed by atoms with E-state index in [9.17, 15) is 22.8 Å². The lowest BCUT2D eigenvalue weighted by atomic mass is 10.1. The predicted octanol–water partition coefficient (Wildman–Crippen LogP) is 5.98. The van der Waals surface area contributed by atoms with Crippen molar-refractivity contribution in [2.45, 2.75) is 50.6 Å². The number of benzene rings is 2. The average Bonchev–Trinajstić information content (AvgIpc) is 3.56. The summed E-state index contributed by atoms with van der Waals surface area (Å²) in [5.41, 5.74) is 1.75. The number of urea groups is 1. The van der Waals surface area contributed by atoms with E-state index in [4.69, 9.17) is 0 Å². The third-order valence-corrected chi connectivity index (χ3v) is 7.62. The van der Waals surface area contributed by atoms with Gasteiger partial charge < -0.3 is 15.5 Å². The normalized spacial score (nSPS) is 18.2. The number of amides is 3. The molecule has 3 aliphatic rings. The Balaban J connectivity index is 1.15. The molecule has 12 heteroatoms. The Labute approximate surface area is 234 Å². The molecule has 0 radical (unpaired) electrons. The standard InChI is InChI=1S/C29H28F3N7O2/c1-28(36-37-28)13-11-25(40)33-16-18-5-7-21(8-6-18)34-27(41)39-22-12-14-38(17-22)24-10-9-23(35-26(24)39)19-3-2-4-20(15-19)29(30,31)32/h2-10,15,22H,11-14,16-17H2,1H3,(H,33,40)(H,34,41). The lowest BCUT2D eigenvalue weighted by molar-refractivity contribution is -0.137. The highest BCUT2D eigenvalue weighted by atomic mass is 19.4. The number of anilines is 3. The Bertz CT molecular complexity index is 1520. The van der Waals surface area contributed by atoms with Gasteiger partial charge in [0.1, 0.15) is 0 Å². The topological polar surface area (TPSA) is 102 Å². The summed E-state index contributed by atoms with van der Waals surface area (Å²) in [4.78, 5) is 34.1. The second kappa shape index (κ2) is 10.2. The third-order valence-electron chi connectivity index (χ3n) is 7.62. The van der Waals surface area contributed by atoms with Crippen LogP contribution in [-0.2, 0) is 17.5 Å². The molecule has 1 fully saturated rings. The number of nitrogens with one attached hydrogen (secondary N) is 2. The molecule has 0 aliphatic carbocycles. The largest absolute Gasteiger partial charge is 0.416 e. The molecule has 3 aromatic rings. The molecule has 1 aromatic heterocycles. The van der Waals surface area contributed by atoms with Crippen LogP contribution in [0.2, 0.25) is 0 Å². The Morgan fingerprint density at radius 2 is 1.85 bits per heavy atom. The van der Waals surface area contributed by atoms with Gasteiger partial charge >= 0.3 is 12.2 Å². The summed E-state index contributed by atoms with van der Waals surface area (Å²) in [6.45, 7) is 3.65. The smallest absolute Gasteiger partial charge is 0.366 e. The molecular weight excluding hydrogens is 535 g/mol. The summed E-state index contributed by atoms with van der Waals surface area (Å²) in [6.07, 6.45) is -2.79. The van der Waals surface area contributed by atoms with Crippen molar-refractivity contribution in [2.75, 3.05) is 28.2 Å². The van der Waals surface area contributed by atoms with Gasteiger partial charge in [0, 0.05) is 43.7 Å². The first-order valence-electron chi connectivity index (χ1n) is 13.4. The van der Waals surface area contributed by atoms with E-state index in [1.807, 2.05) is 25.1 Å². The number of carbonyl (C=O) groups excluding carboxylic acids is 2. The minimum absolute atomic E-state index is 0.0766. The van der Waals surface area contributed by atoms with Gasteiger partial charge in [0.15, 0.2) is 11.5 Å². The Morgan fingerprint density at radius 3 is 2.59 bits per heavy atom. The van der Waals surface area contributed by atoms with Gasteiger partial charge in [-0.25, -0.2) is 9.78 Å². The number of alkyl halides is 3. The zero-order chi connectivity index (χ0) is 28.8. The van der Waals surface area contributed by atoms with Crippen LogP contribution in [0.1, 0.15) is 37.3 Å². The number of hydrogen-bond acceptors (Lipinski definition) is 6. The van der Waals surface area contributed by atoms with Crippen LogP contribution in [0.3, 0.4) is 0 Å². The Kier molecular flexibility index (Phi) is 6.63. The number of hydrogen-bond donors (Lipinski definition) is 2. The quantitative estimate of drug-likeness (QED) is 0.369. The highest BCUT2D eigenvalue weighted by Crippen LogP contribution is 2.41. The fourth-order valence-corrected chi connectivity index (χ4v) is 5.20. The molecule has 1 saturated heterocycles. The number of aromatic nitrogens is 1. The fourth-order valence-electron chi connectivity index (χ4n) is 5.20. The molecular formula is C29H28F3N7O2. The Hall–Kier alpha value is -4.48. The zero-order valence-electron chi connectivity index (χ0n) is 22.3. The van der Waals surface area contributed by atoms with E-state index < -0.39 is 17.4 Å². The first-order chi connectivity index (χ1) is 19.6. The van der Waals surface area contributed by atoms with Crippen LogP contribution in [0.15, 0.2) is 70.9 Å². The number of carbonyl (C=O) groups is 2. The van der Waals surface area contributed by atoms with Crippen molar-refractivity contribution in [2.24, 2.45) is 10.2 Å². The minimum atomic E-state index is -4.47. The van der Waals surface area contributed by atoms with Crippen molar-refractivity contribution in [3.05, 3.63) is 71.8 Å². The Morgan fingerprint density at radius 1 is 1.07 bits per heavy atom. The SMILES string of the molecule is CC1(CCC(=O)NCc2ccc(NC(=O)N3c4nc(-c5cccc(C(F)(F)F)c5)ccc4N4CCC3C4)cc2)N=N1. The van der Waals surface area contributed by atoms with E-state index in [0.717, 1.165) is 36.3 Å². The summed E-state index contributed by atoms with van der Waals surface area (Å²) in [5, 5.41) is 13.6. The van der Waals surface area contributed by atoms with E-state index >= 15 is 0 Å². The minimum Gasteiger partial charge on any atom is -0.366 e. The van der Waals surface area contributed by atoms with E-state index in [1.165, 1.54) is 6.07 Å². The molecule has 0 saturated carbocycles. The summed E-state index contributed by atoms with van der Waals surface area (Å²) >= 11 is 0. The molecule has 4 heterocycles. The van der Waals surface area contributed by atoms with Gasteiger partial charge in [0.25, 0.3) is 0 Å². The highest BCUT2D eigenvalue weighted by Gasteiger charge is 2.40. The summed E-state index contributed by atoms with van der Waals surface area (Å²) in [6, 6.07) is 15.2. The molecule has 41 heavy (non-hydrogen) atoms. The molecule has 1 unspecified atom stereocenters. The number of pyridine rings is 1. The molecule has 2 bridgehead atoms. The lowest BCUT2D eigenvalue weighted by Crippen LogP contribution is -2.48. The first kappa shape index (κ1) is 26.7. The van der Waals surface area contributed by atoms with Crippen molar-refractivity contribution >= 4 is 29.1 Å². The van der Waals surface area contributed by atoms with Crippen LogP contribution < -0.4 is 20.4 Å². The second-order valence-electron chi connectivity index (χ2n) is 10.7. The molecule has 2 N–H and O–H groups in total.